The first-order chi connectivity index (χ1) is 9.21. The van der Waals surface area contributed by atoms with Crippen LogP contribution in [0.5, 0.6) is 0 Å². The Morgan fingerprint density at radius 1 is 1.50 bits per heavy atom. The molecule has 1 rings (SSSR count). The van der Waals surface area contributed by atoms with Crippen molar-refractivity contribution in [3.63, 3.8) is 0 Å². The Balaban J connectivity index is 2.88. The van der Waals surface area contributed by atoms with Crippen molar-refractivity contribution in [3.8, 4) is 0 Å². The molecule has 110 valence electrons. The molecule has 1 amide bonds. The van der Waals surface area contributed by atoms with Gasteiger partial charge in [0.05, 0.1) is 6.04 Å². The number of amides is 1. The average molecular weight is 344 g/mol. The molecule has 0 aliphatic carbocycles. The Labute approximate surface area is 127 Å². The van der Waals surface area contributed by atoms with Gasteiger partial charge in [0.15, 0.2) is 0 Å². The topological polar surface area (TPSA) is 38.3 Å². The molecule has 3 nitrogen and oxygen atoms in total. The minimum Gasteiger partial charge on any atom is -0.444 e. The van der Waals surface area contributed by atoms with Crippen LogP contribution in [0, 0.1) is 5.82 Å². The van der Waals surface area contributed by atoms with Crippen LogP contribution in [0.3, 0.4) is 0 Å². The number of ether oxygens (including phenoxy) is 1. The molecule has 0 unspecified atom stereocenters. The van der Waals surface area contributed by atoms with E-state index < -0.39 is 11.7 Å². The van der Waals surface area contributed by atoms with E-state index in [-0.39, 0.29) is 11.9 Å². The fourth-order valence-electron chi connectivity index (χ4n) is 1.67. The molecule has 1 atom stereocenters. The lowest BCUT2D eigenvalue weighted by molar-refractivity contribution is 0.0504. The van der Waals surface area contributed by atoms with E-state index in [1.807, 2.05) is 0 Å². The fraction of sp³-hybridized carbons (Fsp3) is 0.400. The minimum atomic E-state index is -0.578. The van der Waals surface area contributed by atoms with E-state index >= 15 is 0 Å². The van der Waals surface area contributed by atoms with Crippen LogP contribution in [0.25, 0.3) is 0 Å². The number of carbonyl (C=O) groups is 1. The summed E-state index contributed by atoms with van der Waals surface area (Å²) in [6.07, 6.45) is 1.61. The number of hydrogen-bond donors (Lipinski definition) is 1. The van der Waals surface area contributed by atoms with Gasteiger partial charge in [-0.25, -0.2) is 9.18 Å². The largest absolute Gasteiger partial charge is 0.444 e. The van der Waals surface area contributed by atoms with E-state index in [0.717, 1.165) is 0 Å². The summed E-state index contributed by atoms with van der Waals surface area (Å²) in [6, 6.07) is 4.13. The number of alkyl carbamates (subject to hydrolysis) is 1. The molecule has 0 saturated carbocycles. The normalized spacial score (nSPS) is 12.7. The zero-order valence-electron chi connectivity index (χ0n) is 11.9. The summed E-state index contributed by atoms with van der Waals surface area (Å²) in [5.41, 5.74) is 0.0772. The van der Waals surface area contributed by atoms with Crippen LogP contribution in [0.1, 0.15) is 38.8 Å². The molecule has 0 aromatic heterocycles. The predicted molar refractivity (Wildman–Crippen MR) is 81.0 cm³/mol. The van der Waals surface area contributed by atoms with Gasteiger partial charge in [-0.3, -0.25) is 0 Å². The van der Waals surface area contributed by atoms with E-state index in [4.69, 9.17) is 4.74 Å². The van der Waals surface area contributed by atoms with Gasteiger partial charge in [-0.1, -0.05) is 22.0 Å². The van der Waals surface area contributed by atoms with Crippen molar-refractivity contribution < 1.29 is 13.9 Å². The lowest BCUT2D eigenvalue weighted by atomic mass is 10.0. The van der Waals surface area contributed by atoms with Gasteiger partial charge >= 0.3 is 6.09 Å². The zero-order chi connectivity index (χ0) is 15.3. The maximum atomic E-state index is 13.4. The van der Waals surface area contributed by atoms with Gasteiger partial charge in [0.25, 0.3) is 0 Å². The first-order valence-electron chi connectivity index (χ1n) is 6.27. The third-order valence-corrected chi connectivity index (χ3v) is 2.84. The van der Waals surface area contributed by atoms with E-state index in [0.29, 0.717) is 16.5 Å². The Bertz CT molecular complexity index is 477. The average Bonchev–Trinajstić information content (AvgIpc) is 2.24. The third-order valence-electron chi connectivity index (χ3n) is 2.38. The smallest absolute Gasteiger partial charge is 0.408 e. The lowest BCUT2D eigenvalue weighted by Crippen LogP contribution is -2.34. The Morgan fingerprint density at radius 2 is 2.15 bits per heavy atom. The molecular formula is C15H19BrFNO2. The summed E-state index contributed by atoms with van der Waals surface area (Å²) in [5.74, 6) is -0.366. The highest BCUT2D eigenvalue weighted by atomic mass is 79.9. The molecule has 5 heteroatoms. The highest BCUT2D eigenvalue weighted by Gasteiger charge is 2.20. The summed E-state index contributed by atoms with van der Waals surface area (Å²) >= 11 is 3.24. The van der Waals surface area contributed by atoms with Gasteiger partial charge in [0.2, 0.25) is 0 Å². The standard InChI is InChI=1S/C15H19BrFNO2/c1-5-6-13(18-14(19)20-15(2,3)4)10-7-11(16)9-12(17)8-10/h5,7-9,13H,1,6H2,2-4H3,(H,18,19)/t13-/m0/s1. The summed E-state index contributed by atoms with van der Waals surface area (Å²) < 4.78 is 19.3. The highest BCUT2D eigenvalue weighted by molar-refractivity contribution is 9.10. The van der Waals surface area contributed by atoms with Gasteiger partial charge < -0.3 is 10.1 Å². The van der Waals surface area contributed by atoms with Crippen molar-refractivity contribution in [2.24, 2.45) is 0 Å². The number of hydrogen-bond acceptors (Lipinski definition) is 2. The molecular weight excluding hydrogens is 325 g/mol. The number of halogens is 2. The molecule has 0 aliphatic heterocycles. The van der Waals surface area contributed by atoms with Gasteiger partial charge in [0, 0.05) is 4.47 Å². The van der Waals surface area contributed by atoms with Crippen molar-refractivity contribution in [2.75, 3.05) is 0 Å². The predicted octanol–water partition coefficient (Wildman–Crippen LogP) is 4.73. The van der Waals surface area contributed by atoms with E-state index in [1.54, 1.807) is 32.9 Å². The van der Waals surface area contributed by atoms with Crippen LogP contribution < -0.4 is 5.32 Å². The molecule has 20 heavy (non-hydrogen) atoms. The molecule has 0 spiro atoms. The monoisotopic (exact) mass is 343 g/mol. The quantitative estimate of drug-likeness (QED) is 0.802. The van der Waals surface area contributed by atoms with E-state index in [1.165, 1.54) is 12.1 Å². The first kappa shape index (κ1) is 16.7. The van der Waals surface area contributed by atoms with Crippen molar-refractivity contribution in [1.29, 1.82) is 0 Å². The summed E-state index contributed by atoms with van der Waals surface area (Å²) in [7, 11) is 0. The van der Waals surface area contributed by atoms with Crippen LogP contribution in [0.2, 0.25) is 0 Å². The molecule has 1 N–H and O–H groups in total. The van der Waals surface area contributed by atoms with Crippen molar-refractivity contribution >= 4 is 22.0 Å². The van der Waals surface area contributed by atoms with Crippen LogP contribution in [0.4, 0.5) is 9.18 Å². The molecule has 0 bridgehead atoms. The van der Waals surface area contributed by atoms with E-state index in [2.05, 4.69) is 27.8 Å². The lowest BCUT2D eigenvalue weighted by Gasteiger charge is -2.23. The van der Waals surface area contributed by atoms with Crippen molar-refractivity contribution in [2.45, 2.75) is 38.8 Å². The van der Waals surface area contributed by atoms with Crippen LogP contribution in [0.15, 0.2) is 35.3 Å². The van der Waals surface area contributed by atoms with Crippen LogP contribution >= 0.6 is 15.9 Å². The number of benzene rings is 1. The third kappa shape index (κ3) is 5.74. The molecule has 0 aliphatic rings. The molecule has 0 radical (unpaired) electrons. The Morgan fingerprint density at radius 3 is 2.65 bits per heavy atom. The molecule has 1 aromatic carbocycles. The molecule has 0 fully saturated rings. The van der Waals surface area contributed by atoms with Gasteiger partial charge in [-0.15, -0.1) is 6.58 Å². The second-order valence-corrected chi connectivity index (χ2v) is 6.34. The van der Waals surface area contributed by atoms with E-state index in [9.17, 15) is 9.18 Å². The molecule has 0 heterocycles. The maximum absolute atomic E-state index is 13.4. The highest BCUT2D eigenvalue weighted by Crippen LogP contribution is 2.23. The number of rotatable bonds is 4. The number of nitrogens with one attached hydrogen (secondary N) is 1. The molecule has 0 saturated heterocycles. The minimum absolute atomic E-state index is 0.366. The first-order valence-corrected chi connectivity index (χ1v) is 7.07. The number of carbonyl (C=O) groups excluding carboxylic acids is 1. The van der Waals surface area contributed by atoms with Crippen molar-refractivity contribution in [1.82, 2.24) is 5.32 Å². The molecule has 1 aromatic rings. The zero-order valence-corrected chi connectivity index (χ0v) is 13.5. The fourth-order valence-corrected chi connectivity index (χ4v) is 2.15. The van der Waals surface area contributed by atoms with Gasteiger partial charge in [-0.2, -0.15) is 0 Å². The second kappa shape index (κ2) is 6.88. The van der Waals surface area contributed by atoms with Gasteiger partial charge in [-0.05, 0) is 51.0 Å². The van der Waals surface area contributed by atoms with Gasteiger partial charge in [0.1, 0.15) is 11.4 Å². The maximum Gasteiger partial charge on any atom is 0.408 e. The van der Waals surface area contributed by atoms with Crippen LogP contribution in [-0.4, -0.2) is 11.7 Å². The van der Waals surface area contributed by atoms with Crippen LogP contribution in [-0.2, 0) is 4.74 Å². The van der Waals surface area contributed by atoms with Crippen molar-refractivity contribution in [3.05, 3.63) is 46.7 Å². The Hall–Kier alpha value is -1.36. The summed E-state index contributed by atoms with van der Waals surface area (Å²) in [5, 5.41) is 2.73. The summed E-state index contributed by atoms with van der Waals surface area (Å²) in [6.45, 7) is 9.01. The SMILES string of the molecule is C=CC[C@H](NC(=O)OC(C)(C)C)c1cc(F)cc(Br)c1. The Kier molecular flexibility index (Phi) is 5.74. The second-order valence-electron chi connectivity index (χ2n) is 5.43. The summed E-state index contributed by atoms with van der Waals surface area (Å²) in [4.78, 5) is 11.8.